The molecule has 260 valence electrons. The molecule has 1 aliphatic rings. The number of ether oxygens (including phenoxy) is 4. The molecule has 0 spiro atoms. The fourth-order valence-corrected chi connectivity index (χ4v) is 5.91. The molecule has 0 aromatic heterocycles. The van der Waals surface area contributed by atoms with Gasteiger partial charge >= 0.3 is 11.9 Å². The maximum Gasteiger partial charge on any atom is 0.335 e. The van der Waals surface area contributed by atoms with Crippen LogP contribution in [0.3, 0.4) is 0 Å². The molecule has 0 heterocycles. The highest BCUT2D eigenvalue weighted by Crippen LogP contribution is 2.38. The van der Waals surface area contributed by atoms with Crippen molar-refractivity contribution in [2.45, 2.75) is 51.4 Å². The standard InChI is InChI=1S/C41H48O8/c1-4-5-6-7-31-8-10-32(11-9-31)33-12-14-34(15-13-33)35-16-18-36(19-17-35)37-20-21-38(46-22-24-48-40(44)29(2)27-42)39(26-37)47-23-25-49-41(45)30(3)28-43/h4-5,12-21,26,31-32,42-43H,2-3,6-11,22-25,27-28H2,1H3/b5-4+. The van der Waals surface area contributed by atoms with Gasteiger partial charge in [-0.15, -0.1) is 0 Å². The van der Waals surface area contributed by atoms with Crippen molar-refractivity contribution in [1.29, 1.82) is 0 Å². The molecule has 8 heteroatoms. The minimum atomic E-state index is -0.698. The van der Waals surface area contributed by atoms with Gasteiger partial charge in [0.05, 0.1) is 24.4 Å². The molecule has 0 aliphatic heterocycles. The number of hydrogen-bond donors (Lipinski definition) is 2. The molecule has 1 saturated carbocycles. The van der Waals surface area contributed by atoms with Crippen LogP contribution in [0.1, 0.15) is 56.9 Å². The molecule has 8 nitrogen and oxygen atoms in total. The van der Waals surface area contributed by atoms with Gasteiger partial charge in [0.1, 0.15) is 26.4 Å². The smallest absolute Gasteiger partial charge is 0.335 e. The van der Waals surface area contributed by atoms with Gasteiger partial charge in [-0.1, -0.05) is 79.9 Å². The zero-order chi connectivity index (χ0) is 35.0. The van der Waals surface area contributed by atoms with E-state index in [2.05, 4.69) is 80.8 Å². The van der Waals surface area contributed by atoms with E-state index in [1.54, 1.807) is 6.07 Å². The number of rotatable bonds is 18. The first kappa shape index (κ1) is 37.2. The van der Waals surface area contributed by atoms with Crippen LogP contribution >= 0.6 is 0 Å². The Bertz CT molecular complexity index is 1560. The van der Waals surface area contributed by atoms with Gasteiger partial charge in [-0.05, 0) is 97.2 Å². The van der Waals surface area contributed by atoms with Crippen LogP contribution in [-0.2, 0) is 19.1 Å². The maximum atomic E-state index is 11.8. The fourth-order valence-electron chi connectivity index (χ4n) is 5.91. The number of allylic oxidation sites excluding steroid dienone is 2. The SMILES string of the molecule is C=C(CO)C(=O)OCCOc1ccc(-c2ccc(-c3ccc(C4CCC(CC/C=C/C)CC4)cc3)cc2)cc1OCCOC(=O)C(=C)CO. The average Bonchev–Trinajstić information content (AvgIpc) is 3.15. The van der Waals surface area contributed by atoms with E-state index in [0.29, 0.717) is 17.4 Å². The van der Waals surface area contributed by atoms with Crippen molar-refractivity contribution in [3.8, 4) is 33.8 Å². The third-order valence-corrected chi connectivity index (χ3v) is 8.81. The molecule has 0 amide bonds. The third-order valence-electron chi connectivity index (χ3n) is 8.81. The van der Waals surface area contributed by atoms with E-state index in [-0.39, 0.29) is 37.6 Å². The molecule has 3 aromatic carbocycles. The Morgan fingerprint density at radius 3 is 1.71 bits per heavy atom. The lowest BCUT2D eigenvalue weighted by atomic mass is 9.77. The van der Waals surface area contributed by atoms with E-state index in [0.717, 1.165) is 22.6 Å². The Kier molecular flexibility index (Phi) is 14.7. The van der Waals surface area contributed by atoms with Gasteiger partial charge in [0.25, 0.3) is 0 Å². The van der Waals surface area contributed by atoms with Gasteiger partial charge in [-0.25, -0.2) is 9.59 Å². The molecule has 2 N–H and O–H groups in total. The third kappa shape index (κ3) is 11.2. The first-order valence-corrected chi connectivity index (χ1v) is 17.0. The largest absolute Gasteiger partial charge is 0.486 e. The number of aliphatic hydroxyl groups is 2. The first-order valence-electron chi connectivity index (χ1n) is 17.0. The van der Waals surface area contributed by atoms with Crippen LogP contribution in [0, 0.1) is 5.92 Å². The summed E-state index contributed by atoms with van der Waals surface area (Å²) in [5.74, 6) is 0.923. The maximum absolute atomic E-state index is 11.8. The van der Waals surface area contributed by atoms with Gasteiger partial charge in [-0.2, -0.15) is 0 Å². The highest BCUT2D eigenvalue weighted by Gasteiger charge is 2.22. The minimum absolute atomic E-state index is 0.0303. The summed E-state index contributed by atoms with van der Waals surface area (Å²) < 4.78 is 21.9. The van der Waals surface area contributed by atoms with Crippen molar-refractivity contribution < 1.29 is 38.7 Å². The lowest BCUT2D eigenvalue weighted by molar-refractivity contribution is -0.141. The molecule has 1 fully saturated rings. The van der Waals surface area contributed by atoms with Crippen LogP contribution in [0.15, 0.2) is 103 Å². The zero-order valence-corrected chi connectivity index (χ0v) is 28.4. The topological polar surface area (TPSA) is 112 Å². The van der Waals surface area contributed by atoms with E-state index in [1.165, 1.54) is 49.7 Å². The number of carbonyl (C=O) groups is 2. The Morgan fingerprint density at radius 2 is 1.18 bits per heavy atom. The van der Waals surface area contributed by atoms with E-state index < -0.39 is 25.2 Å². The summed E-state index contributed by atoms with van der Waals surface area (Å²) in [6.45, 7) is 7.98. The number of aliphatic hydroxyl groups excluding tert-OH is 2. The number of carbonyl (C=O) groups excluding carboxylic acids is 2. The molecule has 49 heavy (non-hydrogen) atoms. The highest BCUT2D eigenvalue weighted by atomic mass is 16.6. The predicted octanol–water partition coefficient (Wildman–Crippen LogP) is 7.59. The van der Waals surface area contributed by atoms with E-state index in [4.69, 9.17) is 29.2 Å². The van der Waals surface area contributed by atoms with Crippen LogP contribution in [0.2, 0.25) is 0 Å². The van der Waals surface area contributed by atoms with Gasteiger partial charge in [-0.3, -0.25) is 0 Å². The summed E-state index contributed by atoms with van der Waals surface area (Å²) in [5, 5.41) is 18.1. The molecular formula is C41H48O8. The van der Waals surface area contributed by atoms with Crippen molar-refractivity contribution in [1.82, 2.24) is 0 Å². The molecule has 1 aliphatic carbocycles. The summed E-state index contributed by atoms with van der Waals surface area (Å²) in [4.78, 5) is 23.6. The normalized spacial score (nSPS) is 15.8. The average molecular weight is 669 g/mol. The first-order chi connectivity index (χ1) is 23.8. The molecule has 0 unspecified atom stereocenters. The van der Waals surface area contributed by atoms with Crippen LogP contribution in [0.5, 0.6) is 11.5 Å². The van der Waals surface area contributed by atoms with Gasteiger partial charge in [0, 0.05) is 0 Å². The second-order valence-corrected chi connectivity index (χ2v) is 12.2. The van der Waals surface area contributed by atoms with Crippen LogP contribution in [0.4, 0.5) is 0 Å². The second-order valence-electron chi connectivity index (χ2n) is 12.2. The monoisotopic (exact) mass is 668 g/mol. The van der Waals surface area contributed by atoms with E-state index in [9.17, 15) is 9.59 Å². The van der Waals surface area contributed by atoms with Crippen molar-refractivity contribution in [3.05, 3.63) is 109 Å². The lowest BCUT2D eigenvalue weighted by Crippen LogP contribution is -2.16. The minimum Gasteiger partial charge on any atom is -0.486 e. The van der Waals surface area contributed by atoms with Gasteiger partial charge in [0.2, 0.25) is 0 Å². The van der Waals surface area contributed by atoms with Crippen LogP contribution in [0.25, 0.3) is 22.3 Å². The number of benzene rings is 3. The van der Waals surface area contributed by atoms with E-state index >= 15 is 0 Å². The zero-order valence-electron chi connectivity index (χ0n) is 28.4. The molecule has 4 rings (SSSR count). The van der Waals surface area contributed by atoms with Crippen LogP contribution in [-0.4, -0.2) is 61.8 Å². The van der Waals surface area contributed by atoms with Crippen LogP contribution < -0.4 is 9.47 Å². The summed E-state index contributed by atoms with van der Waals surface area (Å²) in [6, 6.07) is 22.9. The van der Waals surface area contributed by atoms with Crippen molar-refractivity contribution in [2.75, 3.05) is 39.6 Å². The molecule has 0 atom stereocenters. The van der Waals surface area contributed by atoms with E-state index in [1.807, 2.05) is 12.1 Å². The predicted molar refractivity (Wildman–Crippen MR) is 191 cm³/mol. The molecule has 0 radical (unpaired) electrons. The molecule has 0 saturated heterocycles. The molecule has 0 bridgehead atoms. The van der Waals surface area contributed by atoms with Gasteiger partial charge < -0.3 is 29.2 Å². The Hall–Kier alpha value is -4.66. The molecular weight excluding hydrogens is 620 g/mol. The second kappa shape index (κ2) is 19.4. The summed E-state index contributed by atoms with van der Waals surface area (Å²) in [5.41, 5.74) is 5.51. The van der Waals surface area contributed by atoms with Gasteiger partial charge in [0.15, 0.2) is 11.5 Å². The quantitative estimate of drug-likeness (QED) is 0.0618. The summed E-state index contributed by atoms with van der Waals surface area (Å²) in [6.07, 6.45) is 12.1. The number of hydrogen-bond acceptors (Lipinski definition) is 8. The Labute approximate surface area is 289 Å². The Balaban J connectivity index is 1.39. The summed E-state index contributed by atoms with van der Waals surface area (Å²) in [7, 11) is 0. The summed E-state index contributed by atoms with van der Waals surface area (Å²) >= 11 is 0. The Morgan fingerprint density at radius 1 is 0.694 bits per heavy atom. The lowest BCUT2D eigenvalue weighted by Gasteiger charge is -2.28. The molecule has 3 aromatic rings. The van der Waals surface area contributed by atoms with Crippen molar-refractivity contribution in [3.63, 3.8) is 0 Å². The van der Waals surface area contributed by atoms with Crippen molar-refractivity contribution >= 4 is 11.9 Å². The highest BCUT2D eigenvalue weighted by molar-refractivity contribution is 5.88. The van der Waals surface area contributed by atoms with Crippen molar-refractivity contribution in [2.24, 2.45) is 5.92 Å². The fraction of sp³-hybridized carbons (Fsp3) is 0.366. The number of esters is 2.